The zero-order valence-corrected chi connectivity index (χ0v) is 11.0. The molecule has 0 aliphatic rings. The molecule has 0 spiro atoms. The van der Waals surface area contributed by atoms with Crippen LogP contribution in [-0.4, -0.2) is 15.7 Å². The molecule has 6 heteroatoms. The molecule has 3 rings (SSSR count). The van der Waals surface area contributed by atoms with Crippen molar-refractivity contribution < 1.29 is 4.79 Å². The third-order valence-corrected chi connectivity index (χ3v) is 3.03. The van der Waals surface area contributed by atoms with Crippen molar-refractivity contribution in [3.63, 3.8) is 0 Å². The third kappa shape index (κ3) is 2.34. The predicted octanol–water partition coefficient (Wildman–Crippen LogP) is 1.69. The van der Waals surface area contributed by atoms with Gasteiger partial charge < -0.3 is 5.73 Å². The lowest BCUT2D eigenvalue weighted by atomic mass is 10.2. The number of hydrogen-bond donors (Lipinski definition) is 2. The molecule has 2 aromatic carbocycles. The van der Waals surface area contributed by atoms with Crippen molar-refractivity contribution in [1.29, 1.82) is 0 Å². The topological polar surface area (TPSA) is 90.0 Å². The highest BCUT2D eigenvalue weighted by molar-refractivity contribution is 5.83. The van der Waals surface area contributed by atoms with Crippen molar-refractivity contribution in [2.75, 3.05) is 5.43 Å². The molecule has 1 heterocycles. The summed E-state index contributed by atoms with van der Waals surface area (Å²) in [5.74, 6) is 0.332. The van der Waals surface area contributed by atoms with Crippen LogP contribution in [0.15, 0.2) is 59.4 Å². The Balaban J connectivity index is 2.36. The SMILES string of the molecule is NC(=O)Nn1c(-c2ccccc2)nc2ccccc2c1=O. The fraction of sp³-hybridized carbons (Fsp3) is 0. The van der Waals surface area contributed by atoms with E-state index in [1.165, 1.54) is 0 Å². The Bertz CT molecular complexity index is 872. The number of nitrogens with two attached hydrogens (primary N) is 1. The number of primary amides is 1. The zero-order valence-electron chi connectivity index (χ0n) is 11.0. The Labute approximate surface area is 119 Å². The highest BCUT2D eigenvalue weighted by Gasteiger charge is 2.13. The van der Waals surface area contributed by atoms with Gasteiger partial charge in [0.15, 0.2) is 5.82 Å². The van der Waals surface area contributed by atoms with E-state index in [1.807, 2.05) is 18.2 Å². The number of nitrogens with one attached hydrogen (secondary N) is 1. The van der Waals surface area contributed by atoms with E-state index < -0.39 is 6.03 Å². The molecule has 21 heavy (non-hydrogen) atoms. The largest absolute Gasteiger partial charge is 0.350 e. The van der Waals surface area contributed by atoms with Gasteiger partial charge in [0.2, 0.25) is 0 Å². The van der Waals surface area contributed by atoms with Crippen molar-refractivity contribution in [3.05, 3.63) is 65.0 Å². The highest BCUT2D eigenvalue weighted by Crippen LogP contribution is 2.17. The summed E-state index contributed by atoms with van der Waals surface area (Å²) in [6, 6.07) is 15.2. The first-order valence-corrected chi connectivity index (χ1v) is 6.30. The summed E-state index contributed by atoms with van der Waals surface area (Å²) in [7, 11) is 0. The van der Waals surface area contributed by atoms with E-state index in [9.17, 15) is 9.59 Å². The van der Waals surface area contributed by atoms with Gasteiger partial charge in [0.1, 0.15) is 0 Å². The molecule has 0 unspecified atom stereocenters. The number of urea groups is 1. The maximum absolute atomic E-state index is 12.5. The highest BCUT2D eigenvalue weighted by atomic mass is 16.2. The van der Waals surface area contributed by atoms with Gasteiger partial charge in [0.05, 0.1) is 10.9 Å². The van der Waals surface area contributed by atoms with Crippen LogP contribution in [0, 0.1) is 0 Å². The molecule has 3 aromatic rings. The van der Waals surface area contributed by atoms with Crippen LogP contribution in [0.4, 0.5) is 4.79 Å². The van der Waals surface area contributed by atoms with Gasteiger partial charge in [-0.3, -0.25) is 4.79 Å². The first-order chi connectivity index (χ1) is 10.2. The number of amides is 2. The van der Waals surface area contributed by atoms with E-state index in [0.29, 0.717) is 22.3 Å². The number of aromatic nitrogens is 2. The summed E-state index contributed by atoms with van der Waals surface area (Å²) in [5.41, 5.74) is 8.35. The normalized spacial score (nSPS) is 10.5. The molecule has 0 saturated heterocycles. The fourth-order valence-electron chi connectivity index (χ4n) is 2.13. The summed E-state index contributed by atoms with van der Waals surface area (Å²) < 4.78 is 1.07. The van der Waals surface area contributed by atoms with Crippen molar-refractivity contribution in [1.82, 2.24) is 9.66 Å². The van der Waals surface area contributed by atoms with Gasteiger partial charge >= 0.3 is 6.03 Å². The molecular formula is C15H12N4O2. The quantitative estimate of drug-likeness (QED) is 0.748. The second-order valence-electron chi connectivity index (χ2n) is 4.44. The third-order valence-electron chi connectivity index (χ3n) is 3.03. The zero-order chi connectivity index (χ0) is 14.8. The van der Waals surface area contributed by atoms with Crippen LogP contribution in [0.3, 0.4) is 0 Å². The predicted molar refractivity (Wildman–Crippen MR) is 80.4 cm³/mol. The minimum Gasteiger partial charge on any atom is -0.350 e. The maximum Gasteiger partial charge on any atom is 0.331 e. The average Bonchev–Trinajstić information content (AvgIpc) is 2.50. The van der Waals surface area contributed by atoms with Crippen LogP contribution in [0.1, 0.15) is 0 Å². The smallest absolute Gasteiger partial charge is 0.331 e. The Morgan fingerprint density at radius 1 is 1.05 bits per heavy atom. The summed E-state index contributed by atoms with van der Waals surface area (Å²) in [5, 5.41) is 0.408. The number of carbonyl (C=O) groups is 1. The summed E-state index contributed by atoms with van der Waals surface area (Å²) in [4.78, 5) is 28.1. The molecule has 0 aliphatic heterocycles. The molecular weight excluding hydrogens is 268 g/mol. The number of rotatable bonds is 2. The van der Waals surface area contributed by atoms with Gasteiger partial charge in [-0.05, 0) is 12.1 Å². The lowest BCUT2D eigenvalue weighted by Crippen LogP contribution is -2.37. The minimum absolute atomic E-state index is 0.332. The van der Waals surface area contributed by atoms with E-state index in [1.54, 1.807) is 36.4 Å². The van der Waals surface area contributed by atoms with Crippen molar-refractivity contribution in [2.45, 2.75) is 0 Å². The lowest BCUT2D eigenvalue weighted by Gasteiger charge is -2.13. The van der Waals surface area contributed by atoms with E-state index >= 15 is 0 Å². The Hall–Kier alpha value is -3.15. The van der Waals surface area contributed by atoms with Crippen LogP contribution in [-0.2, 0) is 0 Å². The minimum atomic E-state index is -0.827. The number of carbonyl (C=O) groups excluding carboxylic acids is 1. The molecule has 0 saturated carbocycles. The Kier molecular flexibility index (Phi) is 3.12. The average molecular weight is 280 g/mol. The molecule has 0 bridgehead atoms. The first kappa shape index (κ1) is 12.9. The number of para-hydroxylation sites is 1. The summed E-state index contributed by atoms with van der Waals surface area (Å²) >= 11 is 0. The number of fused-ring (bicyclic) bond motifs is 1. The molecule has 0 aliphatic carbocycles. The Morgan fingerprint density at radius 2 is 1.71 bits per heavy atom. The van der Waals surface area contributed by atoms with E-state index in [0.717, 1.165) is 4.68 Å². The second kappa shape index (κ2) is 5.09. The molecule has 1 aromatic heterocycles. The number of hydrogen-bond acceptors (Lipinski definition) is 3. The molecule has 6 nitrogen and oxygen atoms in total. The van der Waals surface area contributed by atoms with Crippen LogP contribution >= 0.6 is 0 Å². The van der Waals surface area contributed by atoms with Gasteiger partial charge in [-0.25, -0.2) is 15.2 Å². The van der Waals surface area contributed by atoms with Gasteiger partial charge in [0, 0.05) is 5.56 Å². The van der Waals surface area contributed by atoms with Gasteiger partial charge in [0.25, 0.3) is 5.56 Å². The lowest BCUT2D eigenvalue weighted by molar-refractivity contribution is 0.257. The molecule has 0 fully saturated rings. The van der Waals surface area contributed by atoms with Crippen LogP contribution in [0.5, 0.6) is 0 Å². The van der Waals surface area contributed by atoms with Crippen molar-refractivity contribution >= 4 is 16.9 Å². The summed E-state index contributed by atoms with van der Waals surface area (Å²) in [6.45, 7) is 0. The van der Waals surface area contributed by atoms with E-state index in [4.69, 9.17) is 5.73 Å². The van der Waals surface area contributed by atoms with Gasteiger partial charge in [-0.15, -0.1) is 0 Å². The van der Waals surface area contributed by atoms with Crippen molar-refractivity contribution in [2.24, 2.45) is 5.73 Å². The second-order valence-corrected chi connectivity index (χ2v) is 4.44. The fourth-order valence-corrected chi connectivity index (χ4v) is 2.13. The van der Waals surface area contributed by atoms with Crippen molar-refractivity contribution in [3.8, 4) is 11.4 Å². The number of benzene rings is 2. The molecule has 0 radical (unpaired) electrons. The first-order valence-electron chi connectivity index (χ1n) is 6.30. The maximum atomic E-state index is 12.5. The van der Waals surface area contributed by atoms with Gasteiger partial charge in [-0.1, -0.05) is 42.5 Å². The number of nitrogens with zero attached hydrogens (tertiary/aromatic N) is 2. The van der Waals surface area contributed by atoms with Crippen LogP contribution in [0.25, 0.3) is 22.3 Å². The molecule has 2 amide bonds. The molecule has 104 valence electrons. The van der Waals surface area contributed by atoms with E-state index in [2.05, 4.69) is 10.4 Å². The Morgan fingerprint density at radius 3 is 2.43 bits per heavy atom. The monoisotopic (exact) mass is 280 g/mol. The van der Waals surface area contributed by atoms with E-state index in [-0.39, 0.29) is 5.56 Å². The standard InChI is InChI=1S/C15H12N4O2/c16-15(21)18-19-13(10-6-2-1-3-7-10)17-12-9-5-4-8-11(12)14(19)20/h1-9H,(H3,16,18,21). The summed E-state index contributed by atoms with van der Waals surface area (Å²) in [6.07, 6.45) is 0. The van der Waals surface area contributed by atoms with Crippen LogP contribution in [0.2, 0.25) is 0 Å². The molecule has 0 atom stereocenters. The van der Waals surface area contributed by atoms with Crippen LogP contribution < -0.4 is 16.7 Å². The molecule has 3 N–H and O–H groups in total. The van der Waals surface area contributed by atoms with Gasteiger partial charge in [-0.2, -0.15) is 4.68 Å².